The van der Waals surface area contributed by atoms with Gasteiger partial charge in [-0.15, -0.1) is 10.2 Å². The molecular formula is C21H16N6O2S. The Morgan fingerprint density at radius 2 is 1.70 bits per heavy atom. The molecule has 2 aromatic heterocycles. The average molecular weight is 416 g/mol. The number of carbonyl (C=O) groups excluding carboxylic acids is 1. The van der Waals surface area contributed by atoms with Crippen molar-refractivity contribution in [2.24, 2.45) is 0 Å². The van der Waals surface area contributed by atoms with Crippen molar-refractivity contribution in [3.63, 3.8) is 0 Å². The SMILES string of the molecule is CCOc1ccc(-n2nc3ccc(NC(=O)c4ccc5nsnc5c4)cc3n2)cc1. The molecule has 3 aromatic carbocycles. The smallest absolute Gasteiger partial charge is 0.255 e. The van der Waals surface area contributed by atoms with E-state index in [-0.39, 0.29) is 5.91 Å². The molecule has 30 heavy (non-hydrogen) atoms. The molecule has 0 bridgehead atoms. The second kappa shape index (κ2) is 7.53. The van der Waals surface area contributed by atoms with Crippen LogP contribution in [0.2, 0.25) is 0 Å². The predicted molar refractivity (Wildman–Crippen MR) is 115 cm³/mol. The number of nitrogens with zero attached hydrogens (tertiary/aromatic N) is 5. The summed E-state index contributed by atoms with van der Waals surface area (Å²) in [4.78, 5) is 14.2. The maximum Gasteiger partial charge on any atom is 0.255 e. The summed E-state index contributed by atoms with van der Waals surface area (Å²) in [6.07, 6.45) is 0. The van der Waals surface area contributed by atoms with Crippen molar-refractivity contribution in [2.45, 2.75) is 6.92 Å². The zero-order valence-electron chi connectivity index (χ0n) is 15.9. The zero-order valence-corrected chi connectivity index (χ0v) is 16.8. The van der Waals surface area contributed by atoms with Gasteiger partial charge in [-0.25, -0.2) is 0 Å². The minimum Gasteiger partial charge on any atom is -0.494 e. The maximum atomic E-state index is 12.6. The summed E-state index contributed by atoms with van der Waals surface area (Å²) < 4.78 is 13.8. The number of hydrogen-bond donors (Lipinski definition) is 1. The van der Waals surface area contributed by atoms with Crippen molar-refractivity contribution >= 4 is 45.4 Å². The van der Waals surface area contributed by atoms with E-state index in [4.69, 9.17) is 4.74 Å². The van der Waals surface area contributed by atoms with Crippen molar-refractivity contribution in [3.05, 3.63) is 66.2 Å². The number of nitrogens with one attached hydrogen (secondary N) is 1. The van der Waals surface area contributed by atoms with E-state index in [1.165, 1.54) is 0 Å². The van der Waals surface area contributed by atoms with E-state index in [0.29, 0.717) is 28.9 Å². The molecule has 9 heteroatoms. The lowest BCUT2D eigenvalue weighted by Crippen LogP contribution is -2.11. The van der Waals surface area contributed by atoms with Gasteiger partial charge in [-0.3, -0.25) is 4.79 Å². The van der Waals surface area contributed by atoms with E-state index in [9.17, 15) is 4.79 Å². The summed E-state index contributed by atoms with van der Waals surface area (Å²) in [5, 5.41) is 11.9. The monoisotopic (exact) mass is 416 g/mol. The molecule has 0 unspecified atom stereocenters. The third-order valence-corrected chi connectivity index (χ3v) is 5.09. The summed E-state index contributed by atoms with van der Waals surface area (Å²) in [6.45, 7) is 2.56. The maximum absolute atomic E-state index is 12.6. The number of anilines is 1. The van der Waals surface area contributed by atoms with E-state index in [1.54, 1.807) is 35.1 Å². The van der Waals surface area contributed by atoms with Crippen LogP contribution in [-0.4, -0.2) is 36.3 Å². The van der Waals surface area contributed by atoms with Crippen LogP contribution in [0.25, 0.3) is 27.8 Å². The quantitative estimate of drug-likeness (QED) is 0.464. The molecule has 0 saturated heterocycles. The standard InChI is InChI=1S/C21H16N6O2S/c1-2-29-16-7-5-15(6-8-16)27-23-17-10-4-14(12-19(17)24-27)22-21(28)13-3-9-18-20(11-13)26-30-25-18/h3-12H,2H2,1H3,(H,22,28). The lowest BCUT2D eigenvalue weighted by molar-refractivity contribution is 0.102. The Morgan fingerprint density at radius 1 is 0.933 bits per heavy atom. The van der Waals surface area contributed by atoms with Crippen molar-refractivity contribution in [1.82, 2.24) is 23.7 Å². The van der Waals surface area contributed by atoms with Crippen LogP contribution in [0.5, 0.6) is 5.75 Å². The Kier molecular flexibility index (Phi) is 4.56. The van der Waals surface area contributed by atoms with Crippen LogP contribution >= 0.6 is 11.7 Å². The van der Waals surface area contributed by atoms with E-state index < -0.39 is 0 Å². The summed E-state index contributed by atoms with van der Waals surface area (Å²) in [5.41, 5.74) is 4.89. The molecule has 0 radical (unpaired) electrons. The Hall–Kier alpha value is -3.85. The molecule has 0 fully saturated rings. The fraction of sp³-hybridized carbons (Fsp3) is 0.0952. The van der Waals surface area contributed by atoms with Gasteiger partial charge in [0.05, 0.1) is 24.0 Å². The molecule has 2 heterocycles. The molecule has 0 aliphatic rings. The Balaban J connectivity index is 1.38. The van der Waals surface area contributed by atoms with Gasteiger partial charge in [0.25, 0.3) is 5.91 Å². The first-order chi connectivity index (χ1) is 14.7. The molecule has 148 valence electrons. The van der Waals surface area contributed by atoms with Crippen LogP contribution in [0.15, 0.2) is 60.7 Å². The number of fused-ring (bicyclic) bond motifs is 2. The van der Waals surface area contributed by atoms with Gasteiger partial charge in [0.2, 0.25) is 0 Å². The third-order valence-electron chi connectivity index (χ3n) is 4.53. The van der Waals surface area contributed by atoms with Gasteiger partial charge in [0.15, 0.2) is 0 Å². The first kappa shape index (κ1) is 18.2. The average Bonchev–Trinajstić information content (AvgIpc) is 3.40. The molecule has 0 aliphatic carbocycles. The molecule has 0 atom stereocenters. The second-order valence-corrected chi connectivity index (χ2v) is 7.07. The van der Waals surface area contributed by atoms with E-state index >= 15 is 0 Å². The minimum absolute atomic E-state index is 0.219. The highest BCUT2D eigenvalue weighted by molar-refractivity contribution is 7.00. The van der Waals surface area contributed by atoms with Gasteiger partial charge in [0, 0.05) is 11.3 Å². The number of rotatable bonds is 5. The Bertz CT molecular complexity index is 1360. The predicted octanol–water partition coefficient (Wildman–Crippen LogP) is 4.08. The molecule has 0 saturated carbocycles. The van der Waals surface area contributed by atoms with Crippen molar-refractivity contribution < 1.29 is 9.53 Å². The van der Waals surface area contributed by atoms with Crippen LogP contribution in [0.1, 0.15) is 17.3 Å². The number of amides is 1. The van der Waals surface area contributed by atoms with Gasteiger partial charge >= 0.3 is 0 Å². The lowest BCUT2D eigenvalue weighted by Gasteiger charge is -2.04. The van der Waals surface area contributed by atoms with Gasteiger partial charge < -0.3 is 10.1 Å². The molecule has 5 aromatic rings. The highest BCUT2D eigenvalue weighted by Gasteiger charge is 2.11. The van der Waals surface area contributed by atoms with E-state index in [2.05, 4.69) is 24.3 Å². The molecule has 1 amide bonds. The fourth-order valence-corrected chi connectivity index (χ4v) is 3.59. The molecule has 0 aliphatic heterocycles. The van der Waals surface area contributed by atoms with Gasteiger partial charge in [0.1, 0.15) is 27.8 Å². The van der Waals surface area contributed by atoms with Crippen LogP contribution in [0.3, 0.4) is 0 Å². The summed E-state index contributed by atoms with van der Waals surface area (Å²) in [7, 11) is 0. The van der Waals surface area contributed by atoms with Crippen molar-refractivity contribution in [2.75, 3.05) is 11.9 Å². The number of hydrogen-bond acceptors (Lipinski definition) is 7. The Morgan fingerprint density at radius 3 is 2.53 bits per heavy atom. The minimum atomic E-state index is -0.219. The number of aromatic nitrogens is 5. The van der Waals surface area contributed by atoms with E-state index in [0.717, 1.165) is 34.2 Å². The van der Waals surface area contributed by atoms with Crippen molar-refractivity contribution in [1.29, 1.82) is 0 Å². The highest BCUT2D eigenvalue weighted by Crippen LogP contribution is 2.20. The molecular weight excluding hydrogens is 400 g/mol. The molecule has 8 nitrogen and oxygen atoms in total. The van der Waals surface area contributed by atoms with Crippen LogP contribution < -0.4 is 10.1 Å². The first-order valence-electron chi connectivity index (χ1n) is 9.33. The number of ether oxygens (including phenoxy) is 1. The van der Waals surface area contributed by atoms with Crippen LogP contribution in [0.4, 0.5) is 5.69 Å². The highest BCUT2D eigenvalue weighted by atomic mass is 32.1. The fourth-order valence-electron chi connectivity index (χ4n) is 3.08. The zero-order chi connectivity index (χ0) is 20.5. The van der Waals surface area contributed by atoms with Gasteiger partial charge in [-0.1, -0.05) is 0 Å². The number of benzene rings is 3. The third kappa shape index (κ3) is 3.46. The Labute approximate surface area is 175 Å². The van der Waals surface area contributed by atoms with Crippen LogP contribution in [-0.2, 0) is 0 Å². The van der Waals surface area contributed by atoms with Crippen molar-refractivity contribution in [3.8, 4) is 11.4 Å². The number of carbonyl (C=O) groups is 1. The van der Waals surface area contributed by atoms with E-state index in [1.807, 2.05) is 37.3 Å². The topological polar surface area (TPSA) is 94.8 Å². The molecule has 5 rings (SSSR count). The summed E-state index contributed by atoms with van der Waals surface area (Å²) in [6, 6.07) is 18.3. The first-order valence-corrected chi connectivity index (χ1v) is 10.1. The van der Waals surface area contributed by atoms with Gasteiger partial charge in [-0.2, -0.15) is 13.5 Å². The molecule has 1 N–H and O–H groups in total. The largest absolute Gasteiger partial charge is 0.494 e. The lowest BCUT2D eigenvalue weighted by atomic mass is 10.2. The molecule has 0 spiro atoms. The summed E-state index contributed by atoms with van der Waals surface area (Å²) in [5.74, 6) is 0.581. The van der Waals surface area contributed by atoms with Gasteiger partial charge in [-0.05, 0) is 67.6 Å². The second-order valence-electron chi connectivity index (χ2n) is 6.54. The summed E-state index contributed by atoms with van der Waals surface area (Å²) >= 11 is 1.13. The normalized spacial score (nSPS) is 11.1. The van der Waals surface area contributed by atoms with Crippen LogP contribution in [0, 0.1) is 0 Å².